The molecule has 0 unspecified atom stereocenters. The van der Waals surface area contributed by atoms with Crippen molar-refractivity contribution < 1.29 is 19.7 Å². The molecule has 0 radical (unpaired) electrons. The third kappa shape index (κ3) is 3.95. The van der Waals surface area contributed by atoms with Gasteiger partial charge in [0.05, 0.1) is 0 Å². The summed E-state index contributed by atoms with van der Waals surface area (Å²) in [6.07, 6.45) is 3.61. The van der Waals surface area contributed by atoms with E-state index in [1.165, 1.54) is 0 Å². The van der Waals surface area contributed by atoms with Crippen molar-refractivity contribution in [2.24, 2.45) is 0 Å². The van der Waals surface area contributed by atoms with E-state index in [2.05, 4.69) is 11.7 Å². The van der Waals surface area contributed by atoms with E-state index >= 15 is 0 Å². The van der Waals surface area contributed by atoms with Gasteiger partial charge in [0.25, 0.3) is 0 Å². The first-order chi connectivity index (χ1) is 8.58. The number of unbranched alkanes of at least 4 members (excludes halogenated alkanes) is 2. The van der Waals surface area contributed by atoms with Crippen molar-refractivity contribution in [3.05, 3.63) is 23.3 Å². The summed E-state index contributed by atoms with van der Waals surface area (Å²) in [6, 6.07) is 3.23. The number of carboxylic acid groups (broad SMARTS) is 1. The van der Waals surface area contributed by atoms with E-state index in [1.807, 2.05) is 6.92 Å². The highest BCUT2D eigenvalue weighted by Gasteiger charge is 2.12. The molecule has 1 rings (SSSR count). The zero-order chi connectivity index (χ0) is 13.5. The summed E-state index contributed by atoms with van der Waals surface area (Å²) < 4.78 is 4.56. The van der Waals surface area contributed by atoms with E-state index in [9.17, 15) is 9.90 Å². The predicted molar refractivity (Wildman–Crippen MR) is 69.4 cm³/mol. The third-order valence-corrected chi connectivity index (χ3v) is 2.91. The molecule has 0 amide bonds. The summed E-state index contributed by atoms with van der Waals surface area (Å²) in [5, 5.41) is 18.3. The Hall–Kier alpha value is -1.71. The van der Waals surface area contributed by atoms with E-state index in [-0.39, 0.29) is 11.5 Å². The Bertz CT molecular complexity index is 413. The Kier molecular flexibility index (Phi) is 5.49. The van der Waals surface area contributed by atoms with Crippen LogP contribution in [0.2, 0.25) is 0 Å². The minimum absolute atomic E-state index is 0.0196. The number of rotatable bonds is 6. The van der Waals surface area contributed by atoms with E-state index in [1.54, 1.807) is 12.1 Å². The first-order valence-corrected chi connectivity index (χ1v) is 6.34. The zero-order valence-corrected chi connectivity index (χ0v) is 10.9. The smallest absolute Gasteiger partial charge is 0.504 e. The number of hydrogen-bond acceptors (Lipinski definition) is 3. The number of aryl methyl sites for hydroxylation is 2. The molecule has 100 valence electrons. The first-order valence-electron chi connectivity index (χ1n) is 6.34. The van der Waals surface area contributed by atoms with Gasteiger partial charge in [0.1, 0.15) is 0 Å². The lowest BCUT2D eigenvalue weighted by Crippen LogP contribution is -2.04. The van der Waals surface area contributed by atoms with Crippen LogP contribution in [0.25, 0.3) is 0 Å². The molecule has 18 heavy (non-hydrogen) atoms. The summed E-state index contributed by atoms with van der Waals surface area (Å²) in [4.78, 5) is 10.5. The fourth-order valence-electron chi connectivity index (χ4n) is 1.96. The molecular weight excluding hydrogens is 232 g/mol. The second-order valence-electron chi connectivity index (χ2n) is 4.27. The minimum Gasteiger partial charge on any atom is -0.504 e. The number of aromatic hydroxyl groups is 1. The lowest BCUT2D eigenvalue weighted by Gasteiger charge is -2.11. The van der Waals surface area contributed by atoms with Gasteiger partial charge in [-0.1, -0.05) is 26.7 Å². The van der Waals surface area contributed by atoms with Gasteiger partial charge in [-0.25, -0.2) is 4.79 Å². The molecule has 0 atom stereocenters. The lowest BCUT2D eigenvalue weighted by atomic mass is 9.99. The lowest BCUT2D eigenvalue weighted by molar-refractivity contribution is 0.143. The Morgan fingerprint density at radius 1 is 1.22 bits per heavy atom. The molecule has 0 heterocycles. The number of carbonyl (C=O) groups is 1. The van der Waals surface area contributed by atoms with Crippen LogP contribution in [0.15, 0.2) is 12.1 Å². The second kappa shape index (κ2) is 6.89. The largest absolute Gasteiger partial charge is 0.511 e. The molecule has 0 bridgehead atoms. The predicted octanol–water partition coefficient (Wildman–Crippen LogP) is 3.74. The quantitative estimate of drug-likeness (QED) is 0.459. The molecule has 0 spiro atoms. The number of ether oxygens (including phenoxy) is 1. The van der Waals surface area contributed by atoms with Gasteiger partial charge >= 0.3 is 6.16 Å². The molecule has 4 nitrogen and oxygen atoms in total. The Morgan fingerprint density at radius 3 is 2.50 bits per heavy atom. The van der Waals surface area contributed by atoms with Crippen LogP contribution in [-0.4, -0.2) is 16.4 Å². The maximum atomic E-state index is 10.5. The van der Waals surface area contributed by atoms with Gasteiger partial charge in [0.15, 0.2) is 11.5 Å². The summed E-state index contributed by atoms with van der Waals surface area (Å²) in [7, 11) is 0. The maximum Gasteiger partial charge on any atom is 0.511 e. The highest BCUT2D eigenvalue weighted by atomic mass is 16.7. The van der Waals surface area contributed by atoms with Crippen molar-refractivity contribution in [1.82, 2.24) is 0 Å². The monoisotopic (exact) mass is 252 g/mol. The normalized spacial score (nSPS) is 10.3. The van der Waals surface area contributed by atoms with E-state index in [0.29, 0.717) is 0 Å². The standard InChI is InChI=1S/C14H20O4/c1-3-5-6-7-11-9-13(18-14(16)17)12(15)8-10(11)4-2/h8-9,15H,3-7H2,1-2H3,(H,16,17). The Balaban J connectivity index is 2.94. The molecule has 0 aromatic heterocycles. The maximum absolute atomic E-state index is 10.5. The molecule has 2 N–H and O–H groups in total. The molecule has 0 saturated carbocycles. The van der Waals surface area contributed by atoms with Gasteiger partial charge in [-0.15, -0.1) is 0 Å². The molecule has 0 aliphatic heterocycles. The number of phenolic OH excluding ortho intramolecular Hbond substituents is 1. The Labute approximate surface area is 107 Å². The van der Waals surface area contributed by atoms with Crippen molar-refractivity contribution >= 4 is 6.16 Å². The molecule has 0 aliphatic carbocycles. The van der Waals surface area contributed by atoms with Crippen molar-refractivity contribution in [1.29, 1.82) is 0 Å². The number of benzene rings is 1. The van der Waals surface area contributed by atoms with Crippen LogP contribution >= 0.6 is 0 Å². The third-order valence-electron chi connectivity index (χ3n) is 2.91. The van der Waals surface area contributed by atoms with Crippen LogP contribution in [0.5, 0.6) is 11.5 Å². The SMILES string of the molecule is CCCCCc1cc(OC(=O)O)c(O)cc1CC. The summed E-state index contributed by atoms with van der Waals surface area (Å²) in [5.41, 5.74) is 2.10. The molecule has 0 fully saturated rings. The van der Waals surface area contributed by atoms with Crippen LogP contribution in [0.4, 0.5) is 4.79 Å². The fourth-order valence-corrected chi connectivity index (χ4v) is 1.96. The van der Waals surface area contributed by atoms with Crippen LogP contribution in [0.1, 0.15) is 44.2 Å². The van der Waals surface area contributed by atoms with Gasteiger partial charge < -0.3 is 14.9 Å². The summed E-state index contributed by atoms with van der Waals surface area (Å²) >= 11 is 0. The molecular formula is C14H20O4. The summed E-state index contributed by atoms with van der Waals surface area (Å²) in [6.45, 7) is 4.15. The van der Waals surface area contributed by atoms with E-state index < -0.39 is 6.16 Å². The Morgan fingerprint density at radius 2 is 1.94 bits per heavy atom. The number of phenols is 1. The van der Waals surface area contributed by atoms with Crippen LogP contribution < -0.4 is 4.74 Å². The zero-order valence-electron chi connectivity index (χ0n) is 10.9. The highest BCUT2D eigenvalue weighted by molar-refractivity contribution is 5.63. The molecule has 0 saturated heterocycles. The number of hydrogen-bond donors (Lipinski definition) is 2. The first kappa shape index (κ1) is 14.4. The topological polar surface area (TPSA) is 66.8 Å². The molecule has 1 aromatic carbocycles. The van der Waals surface area contributed by atoms with Crippen molar-refractivity contribution in [2.75, 3.05) is 0 Å². The second-order valence-corrected chi connectivity index (χ2v) is 4.27. The molecule has 4 heteroatoms. The average Bonchev–Trinajstić information content (AvgIpc) is 2.32. The van der Waals surface area contributed by atoms with E-state index in [4.69, 9.17) is 5.11 Å². The van der Waals surface area contributed by atoms with Gasteiger partial charge in [0, 0.05) is 0 Å². The summed E-state index contributed by atoms with van der Waals surface area (Å²) in [5.74, 6) is -0.0975. The average molecular weight is 252 g/mol. The van der Waals surface area contributed by atoms with Gasteiger partial charge in [-0.05, 0) is 42.5 Å². The van der Waals surface area contributed by atoms with Crippen LogP contribution in [-0.2, 0) is 12.8 Å². The van der Waals surface area contributed by atoms with Crippen molar-refractivity contribution in [3.63, 3.8) is 0 Å². The fraction of sp³-hybridized carbons (Fsp3) is 0.500. The van der Waals surface area contributed by atoms with Gasteiger partial charge in [0.2, 0.25) is 0 Å². The van der Waals surface area contributed by atoms with Gasteiger partial charge in [-0.2, -0.15) is 0 Å². The van der Waals surface area contributed by atoms with Gasteiger partial charge in [-0.3, -0.25) is 0 Å². The molecule has 0 aliphatic rings. The molecule has 1 aromatic rings. The minimum atomic E-state index is -1.41. The van der Waals surface area contributed by atoms with E-state index in [0.717, 1.165) is 43.2 Å². The van der Waals surface area contributed by atoms with Crippen molar-refractivity contribution in [2.45, 2.75) is 46.0 Å². The van der Waals surface area contributed by atoms with Crippen molar-refractivity contribution in [3.8, 4) is 11.5 Å². The highest BCUT2D eigenvalue weighted by Crippen LogP contribution is 2.31. The van der Waals surface area contributed by atoms with Crippen LogP contribution in [0, 0.1) is 0 Å². The van der Waals surface area contributed by atoms with Crippen LogP contribution in [0.3, 0.4) is 0 Å².